The molecule has 3 rings (SSSR count). The van der Waals surface area contributed by atoms with Crippen LogP contribution in [0.1, 0.15) is 22.3 Å². The maximum Gasteiger partial charge on any atom is 0.416 e. The zero-order valence-electron chi connectivity index (χ0n) is 14.7. The van der Waals surface area contributed by atoms with E-state index in [1.165, 1.54) is 12.1 Å². The highest BCUT2D eigenvalue weighted by molar-refractivity contribution is 5.44. The van der Waals surface area contributed by atoms with Gasteiger partial charge in [-0.15, -0.1) is 6.58 Å². The maximum absolute atomic E-state index is 13.0. The molecule has 0 bridgehead atoms. The summed E-state index contributed by atoms with van der Waals surface area (Å²) in [6.07, 6.45) is -2.62. The first kappa shape index (κ1) is 18.9. The Hall–Kier alpha value is -2.85. The molecule has 0 aliphatic heterocycles. The van der Waals surface area contributed by atoms with Gasteiger partial charge in [0.1, 0.15) is 0 Å². The van der Waals surface area contributed by atoms with E-state index in [4.69, 9.17) is 0 Å². The fourth-order valence-corrected chi connectivity index (χ4v) is 3.14. The molecule has 0 radical (unpaired) electrons. The van der Waals surface area contributed by atoms with Gasteiger partial charge in [0, 0.05) is 6.54 Å². The average molecular weight is 367 g/mol. The Kier molecular flexibility index (Phi) is 5.47. The molecule has 4 heteroatoms. The summed E-state index contributed by atoms with van der Waals surface area (Å²) in [5, 5.41) is 3.49. The maximum atomic E-state index is 13.0. The van der Waals surface area contributed by atoms with Crippen LogP contribution in [-0.4, -0.2) is 0 Å². The standard InChI is InChI=1S/C23H20F3N/c1-2-22(19-11-7-4-8-12-19,27-17-18-9-5-3-6-10-18)20-13-15-21(16-14-20)23(24,25)26/h2-16,27H,1,17H2. The molecule has 1 atom stereocenters. The number of alkyl halides is 3. The van der Waals surface area contributed by atoms with Crippen molar-refractivity contribution in [2.24, 2.45) is 0 Å². The lowest BCUT2D eigenvalue weighted by molar-refractivity contribution is -0.137. The second-order valence-corrected chi connectivity index (χ2v) is 6.29. The van der Waals surface area contributed by atoms with E-state index in [9.17, 15) is 13.2 Å². The van der Waals surface area contributed by atoms with Gasteiger partial charge in [-0.25, -0.2) is 0 Å². The molecule has 0 saturated heterocycles. The van der Waals surface area contributed by atoms with Gasteiger partial charge in [0.2, 0.25) is 0 Å². The predicted molar refractivity (Wildman–Crippen MR) is 102 cm³/mol. The van der Waals surface area contributed by atoms with Crippen molar-refractivity contribution in [2.45, 2.75) is 18.3 Å². The highest BCUT2D eigenvalue weighted by Gasteiger charge is 2.33. The lowest BCUT2D eigenvalue weighted by Gasteiger charge is -2.33. The largest absolute Gasteiger partial charge is 0.416 e. The number of rotatable bonds is 6. The third-order valence-corrected chi connectivity index (χ3v) is 4.62. The topological polar surface area (TPSA) is 12.0 Å². The fourth-order valence-electron chi connectivity index (χ4n) is 3.14. The average Bonchev–Trinajstić information content (AvgIpc) is 2.70. The molecule has 3 aromatic rings. The van der Waals surface area contributed by atoms with Crippen LogP contribution >= 0.6 is 0 Å². The third kappa shape index (κ3) is 4.12. The molecule has 0 aliphatic rings. The summed E-state index contributed by atoms with van der Waals surface area (Å²) in [5.41, 5.74) is 1.22. The molecule has 0 aromatic heterocycles. The molecule has 1 nitrogen and oxygen atoms in total. The van der Waals surface area contributed by atoms with Crippen LogP contribution in [0.15, 0.2) is 97.6 Å². The van der Waals surface area contributed by atoms with Gasteiger partial charge < -0.3 is 0 Å². The number of nitrogens with one attached hydrogen (secondary N) is 1. The molecule has 1 unspecified atom stereocenters. The summed E-state index contributed by atoms with van der Waals surface area (Å²) in [4.78, 5) is 0. The van der Waals surface area contributed by atoms with Gasteiger partial charge >= 0.3 is 6.18 Å². The van der Waals surface area contributed by atoms with E-state index in [1.807, 2.05) is 60.7 Å². The van der Waals surface area contributed by atoms with Crippen molar-refractivity contribution in [1.82, 2.24) is 5.32 Å². The number of halogens is 3. The minimum Gasteiger partial charge on any atom is -0.296 e. The molecule has 0 saturated carbocycles. The van der Waals surface area contributed by atoms with Gasteiger partial charge in [-0.3, -0.25) is 5.32 Å². The van der Waals surface area contributed by atoms with E-state index in [0.717, 1.165) is 23.3 Å². The monoisotopic (exact) mass is 367 g/mol. The molecule has 0 fully saturated rings. The molecular weight excluding hydrogens is 347 g/mol. The highest BCUT2D eigenvalue weighted by Crippen LogP contribution is 2.34. The van der Waals surface area contributed by atoms with Crippen molar-refractivity contribution in [3.8, 4) is 0 Å². The van der Waals surface area contributed by atoms with Gasteiger partial charge in [0.05, 0.1) is 11.1 Å². The second-order valence-electron chi connectivity index (χ2n) is 6.29. The summed E-state index contributed by atoms with van der Waals surface area (Å²) in [5.74, 6) is 0. The molecule has 0 amide bonds. The van der Waals surface area contributed by atoms with Crippen molar-refractivity contribution >= 4 is 0 Å². The quantitative estimate of drug-likeness (QED) is 0.533. The van der Waals surface area contributed by atoms with Gasteiger partial charge in [-0.05, 0) is 28.8 Å². The van der Waals surface area contributed by atoms with Crippen LogP contribution in [0.4, 0.5) is 13.2 Å². The van der Waals surface area contributed by atoms with E-state index in [2.05, 4.69) is 11.9 Å². The predicted octanol–water partition coefficient (Wildman–Crippen LogP) is 5.92. The fraction of sp³-hybridized carbons (Fsp3) is 0.130. The van der Waals surface area contributed by atoms with Gasteiger partial charge in [-0.1, -0.05) is 78.9 Å². The van der Waals surface area contributed by atoms with Gasteiger partial charge in [-0.2, -0.15) is 13.2 Å². The number of hydrogen-bond donors (Lipinski definition) is 1. The van der Waals surface area contributed by atoms with Crippen LogP contribution in [0.5, 0.6) is 0 Å². The Morgan fingerprint density at radius 3 is 1.70 bits per heavy atom. The van der Waals surface area contributed by atoms with E-state index < -0.39 is 17.3 Å². The smallest absolute Gasteiger partial charge is 0.296 e. The Labute approximate surface area is 157 Å². The Bertz CT molecular complexity index is 871. The molecule has 0 spiro atoms. The third-order valence-electron chi connectivity index (χ3n) is 4.62. The summed E-state index contributed by atoms with van der Waals surface area (Å²) in [6.45, 7) is 4.53. The van der Waals surface area contributed by atoms with E-state index >= 15 is 0 Å². The molecule has 3 aromatic carbocycles. The van der Waals surface area contributed by atoms with E-state index in [0.29, 0.717) is 12.1 Å². The van der Waals surface area contributed by atoms with Crippen molar-refractivity contribution in [1.29, 1.82) is 0 Å². The molecular formula is C23H20F3N. The van der Waals surface area contributed by atoms with Crippen molar-refractivity contribution < 1.29 is 13.2 Å². The SMILES string of the molecule is C=CC(NCc1ccccc1)(c1ccccc1)c1ccc(C(F)(F)F)cc1. The first-order valence-corrected chi connectivity index (χ1v) is 8.61. The van der Waals surface area contributed by atoms with Crippen molar-refractivity contribution in [3.63, 3.8) is 0 Å². The summed E-state index contributed by atoms with van der Waals surface area (Å²) >= 11 is 0. The van der Waals surface area contributed by atoms with Crippen LogP contribution in [0.3, 0.4) is 0 Å². The molecule has 0 heterocycles. The Morgan fingerprint density at radius 1 is 0.704 bits per heavy atom. The summed E-state index contributed by atoms with van der Waals surface area (Å²) in [6, 6.07) is 24.7. The first-order chi connectivity index (χ1) is 13.0. The number of hydrogen-bond acceptors (Lipinski definition) is 1. The number of benzene rings is 3. The molecule has 138 valence electrons. The lowest BCUT2D eigenvalue weighted by atomic mass is 9.82. The van der Waals surface area contributed by atoms with Gasteiger partial charge in [0.15, 0.2) is 0 Å². The zero-order valence-corrected chi connectivity index (χ0v) is 14.7. The minimum atomic E-state index is -4.36. The normalized spacial score (nSPS) is 13.7. The highest BCUT2D eigenvalue weighted by atomic mass is 19.4. The zero-order chi connectivity index (χ0) is 19.3. The molecule has 0 aliphatic carbocycles. The molecule has 1 N–H and O–H groups in total. The van der Waals surface area contributed by atoms with Crippen molar-refractivity contribution in [2.75, 3.05) is 0 Å². The van der Waals surface area contributed by atoms with Crippen LogP contribution in [0.25, 0.3) is 0 Å². The van der Waals surface area contributed by atoms with Crippen LogP contribution in [0.2, 0.25) is 0 Å². The van der Waals surface area contributed by atoms with Crippen LogP contribution < -0.4 is 5.32 Å². The lowest BCUT2D eigenvalue weighted by Crippen LogP contribution is -2.41. The Morgan fingerprint density at radius 2 is 1.19 bits per heavy atom. The van der Waals surface area contributed by atoms with E-state index in [1.54, 1.807) is 6.08 Å². The first-order valence-electron chi connectivity index (χ1n) is 8.61. The molecule has 27 heavy (non-hydrogen) atoms. The summed E-state index contributed by atoms with van der Waals surface area (Å²) in [7, 11) is 0. The van der Waals surface area contributed by atoms with Crippen molar-refractivity contribution in [3.05, 3.63) is 120 Å². The summed E-state index contributed by atoms with van der Waals surface area (Å²) < 4.78 is 38.9. The van der Waals surface area contributed by atoms with E-state index in [-0.39, 0.29) is 0 Å². The minimum absolute atomic E-state index is 0.544. The second kappa shape index (κ2) is 7.80. The van der Waals surface area contributed by atoms with Gasteiger partial charge in [0.25, 0.3) is 0 Å². The van der Waals surface area contributed by atoms with Crippen LogP contribution in [0, 0.1) is 0 Å². The Balaban J connectivity index is 2.02. The van der Waals surface area contributed by atoms with Crippen LogP contribution in [-0.2, 0) is 18.3 Å².